The Bertz CT molecular complexity index is 595. The van der Waals surface area contributed by atoms with E-state index in [0.29, 0.717) is 24.6 Å². The monoisotopic (exact) mass is 304 g/mol. The molecule has 1 N–H and O–H groups in total. The molecular formula is C17H24N2O3. The number of carbonyl (C=O) groups excluding carboxylic acids is 1. The van der Waals surface area contributed by atoms with Crippen molar-refractivity contribution in [1.82, 2.24) is 9.47 Å². The van der Waals surface area contributed by atoms with E-state index in [1.165, 1.54) is 0 Å². The second-order valence-electron chi connectivity index (χ2n) is 7.63. The average molecular weight is 304 g/mol. The summed E-state index contributed by atoms with van der Waals surface area (Å²) in [6, 6.07) is 1.83. The summed E-state index contributed by atoms with van der Waals surface area (Å²) >= 11 is 0. The lowest BCUT2D eigenvalue weighted by Gasteiger charge is -2.21. The number of carboxylic acid groups (broad SMARTS) is 1. The lowest BCUT2D eigenvalue weighted by atomic mass is 9.92. The van der Waals surface area contributed by atoms with Crippen molar-refractivity contribution in [2.75, 3.05) is 13.1 Å². The van der Waals surface area contributed by atoms with Crippen LogP contribution in [0.4, 0.5) is 0 Å². The molecule has 2 fully saturated rings. The van der Waals surface area contributed by atoms with Crippen molar-refractivity contribution < 1.29 is 14.7 Å². The highest BCUT2D eigenvalue weighted by Crippen LogP contribution is 2.44. The molecule has 0 bridgehead atoms. The van der Waals surface area contributed by atoms with Gasteiger partial charge in [-0.25, -0.2) is 0 Å². The highest BCUT2D eigenvalue weighted by atomic mass is 16.4. The van der Waals surface area contributed by atoms with E-state index in [9.17, 15) is 14.7 Å². The third-order valence-electron chi connectivity index (χ3n) is 4.91. The Morgan fingerprint density at radius 3 is 2.41 bits per heavy atom. The summed E-state index contributed by atoms with van der Waals surface area (Å²) < 4.78 is 2.02. The molecule has 1 aliphatic carbocycles. The van der Waals surface area contributed by atoms with Gasteiger partial charge in [-0.1, -0.05) is 0 Å². The maximum atomic E-state index is 12.7. The largest absolute Gasteiger partial charge is 0.481 e. The fourth-order valence-electron chi connectivity index (χ4n) is 3.38. The lowest BCUT2D eigenvalue weighted by Crippen LogP contribution is -2.30. The van der Waals surface area contributed by atoms with Crippen LogP contribution in [0, 0.1) is 17.8 Å². The zero-order valence-corrected chi connectivity index (χ0v) is 13.5. The summed E-state index contributed by atoms with van der Waals surface area (Å²) in [6.45, 7) is 7.18. The predicted molar refractivity (Wildman–Crippen MR) is 82.7 cm³/mol. The SMILES string of the molecule is CC(C)(C)n1ccc(C(=O)N2C[C@H](C(=O)O)[C@@H](C3CC3)C2)c1. The zero-order valence-electron chi connectivity index (χ0n) is 13.5. The van der Waals surface area contributed by atoms with E-state index >= 15 is 0 Å². The van der Waals surface area contributed by atoms with Crippen LogP contribution in [0.1, 0.15) is 44.0 Å². The van der Waals surface area contributed by atoms with Crippen molar-refractivity contribution in [3.8, 4) is 0 Å². The normalized spacial score (nSPS) is 25.5. The van der Waals surface area contributed by atoms with Crippen LogP contribution in [0.15, 0.2) is 18.5 Å². The summed E-state index contributed by atoms with van der Waals surface area (Å²) in [4.78, 5) is 25.8. The number of carboxylic acids is 1. The summed E-state index contributed by atoms with van der Waals surface area (Å²) in [6.07, 6.45) is 5.99. The highest BCUT2D eigenvalue weighted by Gasteiger charge is 2.47. The van der Waals surface area contributed by atoms with Crippen LogP contribution in [0.25, 0.3) is 0 Å². The van der Waals surface area contributed by atoms with Gasteiger partial charge in [-0.15, -0.1) is 0 Å². The fourth-order valence-corrected chi connectivity index (χ4v) is 3.38. The van der Waals surface area contributed by atoms with Gasteiger partial charge in [0.2, 0.25) is 0 Å². The minimum atomic E-state index is -0.764. The molecule has 1 amide bonds. The van der Waals surface area contributed by atoms with Crippen molar-refractivity contribution in [2.24, 2.45) is 17.8 Å². The Kier molecular flexibility index (Phi) is 3.54. The van der Waals surface area contributed by atoms with E-state index in [1.807, 2.05) is 23.0 Å². The lowest BCUT2D eigenvalue weighted by molar-refractivity contribution is -0.142. The van der Waals surface area contributed by atoms with Gasteiger partial charge in [-0.05, 0) is 51.5 Å². The molecule has 120 valence electrons. The van der Waals surface area contributed by atoms with Crippen molar-refractivity contribution >= 4 is 11.9 Å². The van der Waals surface area contributed by atoms with Crippen molar-refractivity contribution in [3.05, 3.63) is 24.0 Å². The first kappa shape index (κ1) is 15.1. The number of rotatable bonds is 3. The summed E-state index contributed by atoms with van der Waals surface area (Å²) in [5, 5.41) is 9.40. The molecule has 2 atom stereocenters. The maximum Gasteiger partial charge on any atom is 0.308 e. The second-order valence-corrected chi connectivity index (χ2v) is 7.63. The Balaban J connectivity index is 1.75. The number of likely N-dealkylation sites (tertiary alicyclic amines) is 1. The predicted octanol–water partition coefficient (Wildman–Crippen LogP) is 2.43. The van der Waals surface area contributed by atoms with Gasteiger partial charge in [0.15, 0.2) is 0 Å². The topological polar surface area (TPSA) is 62.5 Å². The van der Waals surface area contributed by atoms with Crippen LogP contribution in [0.5, 0.6) is 0 Å². The molecular weight excluding hydrogens is 280 g/mol. The van der Waals surface area contributed by atoms with E-state index in [0.717, 1.165) is 12.8 Å². The fraction of sp³-hybridized carbons (Fsp3) is 0.647. The van der Waals surface area contributed by atoms with E-state index in [4.69, 9.17) is 0 Å². The molecule has 0 aromatic carbocycles. The van der Waals surface area contributed by atoms with Crippen LogP contribution < -0.4 is 0 Å². The third-order valence-corrected chi connectivity index (χ3v) is 4.91. The van der Waals surface area contributed by atoms with Gasteiger partial charge < -0.3 is 14.6 Å². The molecule has 1 aliphatic heterocycles. The second kappa shape index (κ2) is 5.14. The van der Waals surface area contributed by atoms with Gasteiger partial charge in [0.05, 0.1) is 11.5 Å². The van der Waals surface area contributed by atoms with E-state index < -0.39 is 11.9 Å². The summed E-state index contributed by atoms with van der Waals surface area (Å²) in [5.41, 5.74) is 0.583. The van der Waals surface area contributed by atoms with Crippen LogP contribution in [0.3, 0.4) is 0 Å². The Labute approximate surface area is 130 Å². The first-order valence-electron chi connectivity index (χ1n) is 7.98. The Morgan fingerprint density at radius 1 is 1.23 bits per heavy atom. The number of aromatic nitrogens is 1. The Morgan fingerprint density at radius 2 is 1.91 bits per heavy atom. The molecule has 5 nitrogen and oxygen atoms in total. The van der Waals surface area contributed by atoms with Gasteiger partial charge in [0.1, 0.15) is 0 Å². The zero-order chi connectivity index (χ0) is 16.1. The van der Waals surface area contributed by atoms with Crippen LogP contribution in [-0.4, -0.2) is 39.5 Å². The van der Waals surface area contributed by atoms with Gasteiger partial charge in [-0.3, -0.25) is 9.59 Å². The van der Waals surface area contributed by atoms with Crippen LogP contribution in [-0.2, 0) is 10.3 Å². The number of hydrogen-bond donors (Lipinski definition) is 1. The number of carbonyl (C=O) groups is 2. The molecule has 5 heteroatoms. The average Bonchev–Trinajstić information content (AvgIpc) is 3.00. The molecule has 3 rings (SSSR count). The van der Waals surface area contributed by atoms with Crippen molar-refractivity contribution in [2.45, 2.75) is 39.2 Å². The van der Waals surface area contributed by atoms with E-state index in [2.05, 4.69) is 20.8 Å². The molecule has 2 heterocycles. The molecule has 0 unspecified atom stereocenters. The molecule has 0 radical (unpaired) electrons. The summed E-state index contributed by atoms with van der Waals surface area (Å²) in [5.74, 6) is -0.581. The first-order valence-corrected chi connectivity index (χ1v) is 7.98. The molecule has 2 aliphatic rings. The molecule has 1 aromatic rings. The molecule has 0 spiro atoms. The van der Waals surface area contributed by atoms with Crippen molar-refractivity contribution in [3.63, 3.8) is 0 Å². The van der Waals surface area contributed by atoms with Crippen molar-refractivity contribution in [1.29, 1.82) is 0 Å². The van der Waals surface area contributed by atoms with Gasteiger partial charge in [0.25, 0.3) is 5.91 Å². The van der Waals surface area contributed by atoms with E-state index in [-0.39, 0.29) is 17.4 Å². The quantitative estimate of drug-likeness (QED) is 0.933. The standard InChI is InChI=1S/C17H24N2O3/c1-17(2,3)19-7-6-12(8-19)15(20)18-9-13(11-4-5-11)14(10-18)16(21)22/h6-8,11,13-14H,4-5,9-10H2,1-3H3,(H,21,22)/t13-,14+/m1/s1. The van der Waals surface area contributed by atoms with E-state index in [1.54, 1.807) is 4.90 Å². The van der Waals surface area contributed by atoms with Crippen LogP contribution in [0.2, 0.25) is 0 Å². The maximum absolute atomic E-state index is 12.7. The number of nitrogens with zero attached hydrogens (tertiary/aromatic N) is 2. The number of aliphatic carboxylic acids is 1. The van der Waals surface area contributed by atoms with Gasteiger partial charge >= 0.3 is 5.97 Å². The molecule has 1 aromatic heterocycles. The molecule has 22 heavy (non-hydrogen) atoms. The number of amides is 1. The smallest absolute Gasteiger partial charge is 0.308 e. The first-order chi connectivity index (χ1) is 10.3. The highest BCUT2D eigenvalue weighted by molar-refractivity contribution is 5.94. The Hall–Kier alpha value is -1.78. The molecule has 1 saturated heterocycles. The minimum Gasteiger partial charge on any atom is -0.481 e. The molecule has 1 saturated carbocycles. The third kappa shape index (κ3) is 2.76. The van der Waals surface area contributed by atoms with Gasteiger partial charge in [0, 0.05) is 31.0 Å². The van der Waals surface area contributed by atoms with Crippen LogP contribution >= 0.6 is 0 Å². The van der Waals surface area contributed by atoms with Gasteiger partial charge in [-0.2, -0.15) is 0 Å². The summed E-state index contributed by atoms with van der Waals surface area (Å²) in [7, 11) is 0. The minimum absolute atomic E-state index is 0.0441. The number of hydrogen-bond acceptors (Lipinski definition) is 2.